The Kier molecular flexibility index (Phi) is 10.5. The van der Waals surface area contributed by atoms with E-state index >= 15 is 0 Å². The first-order chi connectivity index (χ1) is 38.6. The monoisotopic (exact) mass is 1040 g/mol. The summed E-state index contributed by atoms with van der Waals surface area (Å²) >= 11 is 0. The molecule has 0 spiro atoms. The number of hydrogen-bond donors (Lipinski definition) is 0. The maximum absolute atomic E-state index is 7.46. The van der Waals surface area contributed by atoms with Gasteiger partial charge in [0.05, 0.1) is 5.69 Å². The lowest BCUT2D eigenvalue weighted by Crippen LogP contribution is -2.61. The molecule has 1 aromatic heterocycles. The topological polar surface area (TPSA) is 22.9 Å². The zero-order valence-electron chi connectivity index (χ0n) is 47.4. The lowest BCUT2D eigenvalue weighted by molar-refractivity contribution is 0.332. The lowest BCUT2D eigenvalue weighted by Gasteiger charge is -2.49. The Bertz CT molecular complexity index is 4300. The van der Waals surface area contributed by atoms with Crippen molar-refractivity contribution in [2.45, 2.75) is 96.8 Å². The van der Waals surface area contributed by atoms with Crippen molar-refractivity contribution in [1.82, 2.24) is 0 Å². The predicted molar refractivity (Wildman–Crippen MR) is 338 cm³/mol. The molecule has 0 unspecified atom stereocenters. The van der Waals surface area contributed by atoms with Crippen molar-refractivity contribution in [3.63, 3.8) is 0 Å². The standard InChI is InChI=1S/C75H66BN3O/c1-47-40-60-61(73(4,5)39-38-72(60,2)3)45-65(47)78-67-42-52(77(50-27-15-11-16-28-50)51-29-17-12-18-30-51)36-37-64(67)76-69-56(43-57-54-32-19-22-35-68(54)80-71(57)70(69)78)55-44-62-63(75(8,9)59-34-21-20-33-58(59)74(62,6)7)46-66(55)79(76)53-31-23-26-49(41-53)48-24-13-10-14-25-48/h10-37,40-46H,38-39H2,1-9H3. The van der Waals surface area contributed by atoms with Crippen LogP contribution in [0, 0.1) is 6.92 Å². The molecule has 0 N–H and O–H groups in total. The summed E-state index contributed by atoms with van der Waals surface area (Å²) in [6.07, 6.45) is 2.26. The molecule has 10 aromatic carbocycles. The van der Waals surface area contributed by atoms with Gasteiger partial charge in [0.2, 0.25) is 0 Å². The van der Waals surface area contributed by atoms with E-state index in [1.165, 1.54) is 83.5 Å². The lowest BCUT2D eigenvalue weighted by atomic mass is 9.43. The Morgan fingerprint density at radius 1 is 0.438 bits per heavy atom. The number of anilines is 8. The molecular weight excluding hydrogens is 970 g/mol. The second-order valence-electron chi connectivity index (χ2n) is 25.6. The SMILES string of the molecule is Cc1cc2c(cc1N1c3cc(N(c4ccccc4)c4ccccc4)ccc3B3c4c(cc5c(oc6ccccc65)c41)-c1cc4c(cc1N3c1cccc(-c3ccccc3)c1)C(C)(C)c1ccccc1C4(C)C)C(C)(C)CCC2(C)C. The van der Waals surface area contributed by atoms with Crippen LogP contribution in [0.1, 0.15) is 107 Å². The van der Waals surface area contributed by atoms with Crippen LogP contribution in [0.2, 0.25) is 0 Å². The minimum atomic E-state index is -0.273. The van der Waals surface area contributed by atoms with Gasteiger partial charge in [0.1, 0.15) is 5.58 Å². The van der Waals surface area contributed by atoms with Gasteiger partial charge in [0.25, 0.3) is 0 Å². The Morgan fingerprint density at radius 2 is 1.01 bits per heavy atom. The normalized spacial score (nSPS) is 16.5. The predicted octanol–water partition coefficient (Wildman–Crippen LogP) is 19.1. The van der Waals surface area contributed by atoms with Gasteiger partial charge in [-0.1, -0.05) is 189 Å². The zero-order valence-corrected chi connectivity index (χ0v) is 47.4. The first-order valence-corrected chi connectivity index (χ1v) is 28.8. The van der Waals surface area contributed by atoms with Gasteiger partial charge >= 0.3 is 6.85 Å². The highest BCUT2D eigenvalue weighted by Gasteiger charge is 2.50. The molecule has 2 aliphatic heterocycles. The van der Waals surface area contributed by atoms with E-state index in [2.05, 4.69) is 289 Å². The molecule has 0 bridgehead atoms. The summed E-state index contributed by atoms with van der Waals surface area (Å²) in [5.41, 5.74) is 27.3. The van der Waals surface area contributed by atoms with Crippen LogP contribution in [0.15, 0.2) is 217 Å². The van der Waals surface area contributed by atoms with E-state index in [0.717, 1.165) is 68.9 Å². The molecule has 0 radical (unpaired) electrons. The Hall–Kier alpha value is -8.54. The summed E-state index contributed by atoms with van der Waals surface area (Å²) in [5, 5.41) is 2.24. The maximum atomic E-state index is 7.46. The van der Waals surface area contributed by atoms with E-state index in [9.17, 15) is 0 Å². The van der Waals surface area contributed by atoms with Crippen molar-refractivity contribution >= 4 is 85.2 Å². The molecule has 2 aliphatic carbocycles. The molecule has 80 heavy (non-hydrogen) atoms. The smallest absolute Gasteiger partial charge is 0.333 e. The minimum absolute atomic E-state index is 0.0314. The average molecular weight is 1040 g/mol. The molecule has 15 rings (SSSR count). The number of furan rings is 1. The summed E-state index contributed by atoms with van der Waals surface area (Å²) in [6, 6.07) is 79.9. The summed E-state index contributed by atoms with van der Waals surface area (Å²) in [4.78, 5) is 7.77. The van der Waals surface area contributed by atoms with Gasteiger partial charge in [-0.25, -0.2) is 0 Å². The van der Waals surface area contributed by atoms with Crippen molar-refractivity contribution in [2.75, 3.05) is 14.6 Å². The number of nitrogens with zero attached hydrogens (tertiary/aromatic N) is 3. The second kappa shape index (κ2) is 17.2. The first-order valence-electron chi connectivity index (χ1n) is 28.8. The summed E-state index contributed by atoms with van der Waals surface area (Å²) < 4.78 is 7.46. The largest absolute Gasteiger partial charge is 0.454 e. The summed E-state index contributed by atoms with van der Waals surface area (Å²) in [7, 11) is 0. The van der Waals surface area contributed by atoms with Crippen LogP contribution in [-0.2, 0) is 21.7 Å². The van der Waals surface area contributed by atoms with E-state index in [0.29, 0.717) is 0 Å². The van der Waals surface area contributed by atoms with Crippen LogP contribution in [0.5, 0.6) is 0 Å². The number of benzene rings is 10. The third-order valence-electron chi connectivity index (χ3n) is 19.2. The number of para-hydroxylation sites is 3. The van der Waals surface area contributed by atoms with Gasteiger partial charge in [0, 0.05) is 67.0 Å². The maximum Gasteiger partial charge on any atom is 0.333 e. The highest BCUT2D eigenvalue weighted by atomic mass is 16.3. The third-order valence-corrected chi connectivity index (χ3v) is 19.2. The van der Waals surface area contributed by atoms with Crippen molar-refractivity contribution in [3.05, 3.63) is 251 Å². The van der Waals surface area contributed by atoms with E-state index < -0.39 is 0 Å². The highest BCUT2D eigenvalue weighted by molar-refractivity contribution is 6.94. The van der Waals surface area contributed by atoms with Crippen LogP contribution in [0.25, 0.3) is 44.2 Å². The van der Waals surface area contributed by atoms with E-state index in [1.807, 2.05) is 0 Å². The number of aryl methyl sites for hydroxylation is 1. The number of hydrogen-bond acceptors (Lipinski definition) is 4. The van der Waals surface area contributed by atoms with Crippen molar-refractivity contribution < 1.29 is 4.42 Å². The molecular formula is C75H66BN3O. The second-order valence-corrected chi connectivity index (χ2v) is 25.6. The van der Waals surface area contributed by atoms with Gasteiger partial charge in [-0.2, -0.15) is 0 Å². The van der Waals surface area contributed by atoms with E-state index in [-0.39, 0.29) is 28.5 Å². The fourth-order valence-electron chi connectivity index (χ4n) is 14.8. The fraction of sp³-hybridized carbons (Fsp3) is 0.200. The van der Waals surface area contributed by atoms with Crippen LogP contribution in [0.3, 0.4) is 0 Å². The van der Waals surface area contributed by atoms with E-state index in [4.69, 9.17) is 4.42 Å². The molecule has 5 heteroatoms. The molecule has 0 saturated carbocycles. The Balaban J connectivity index is 1.11. The van der Waals surface area contributed by atoms with Crippen molar-refractivity contribution in [3.8, 4) is 22.3 Å². The third kappa shape index (κ3) is 7.01. The minimum Gasteiger partial charge on any atom is -0.454 e. The molecule has 0 atom stereocenters. The van der Waals surface area contributed by atoms with Crippen LogP contribution in [0.4, 0.5) is 45.5 Å². The van der Waals surface area contributed by atoms with Crippen LogP contribution >= 0.6 is 0 Å². The van der Waals surface area contributed by atoms with Gasteiger partial charge in [-0.05, 0) is 176 Å². The molecule has 390 valence electrons. The average Bonchev–Trinajstić information content (AvgIpc) is 3.79. The Morgan fingerprint density at radius 3 is 1.69 bits per heavy atom. The number of rotatable bonds is 6. The zero-order chi connectivity index (χ0) is 54.6. The summed E-state index contributed by atoms with van der Waals surface area (Å²) in [5.74, 6) is 0. The van der Waals surface area contributed by atoms with E-state index in [1.54, 1.807) is 0 Å². The molecule has 4 aliphatic rings. The molecule has 11 aromatic rings. The van der Waals surface area contributed by atoms with Crippen molar-refractivity contribution in [2.24, 2.45) is 0 Å². The molecule has 3 heterocycles. The number of fused-ring (bicyclic) bond motifs is 11. The quantitative estimate of drug-likeness (QED) is 0.155. The molecule has 0 saturated heterocycles. The van der Waals surface area contributed by atoms with Crippen molar-refractivity contribution in [1.29, 1.82) is 0 Å². The molecule has 0 amide bonds. The van der Waals surface area contributed by atoms with Gasteiger partial charge in [-0.3, -0.25) is 0 Å². The highest BCUT2D eigenvalue weighted by Crippen LogP contribution is 2.58. The Labute approximate surface area is 472 Å². The van der Waals surface area contributed by atoms with Gasteiger partial charge in [0.15, 0.2) is 5.58 Å². The molecule has 0 fully saturated rings. The van der Waals surface area contributed by atoms with Gasteiger partial charge in [-0.15, -0.1) is 0 Å². The van der Waals surface area contributed by atoms with Crippen LogP contribution in [-0.4, -0.2) is 6.85 Å². The summed E-state index contributed by atoms with van der Waals surface area (Å²) in [6.45, 7) is 21.6. The van der Waals surface area contributed by atoms with Gasteiger partial charge < -0.3 is 19.0 Å². The van der Waals surface area contributed by atoms with Crippen LogP contribution < -0.4 is 25.5 Å². The molecule has 4 nitrogen and oxygen atoms in total. The fourth-order valence-corrected chi connectivity index (χ4v) is 14.8. The first kappa shape index (κ1) is 48.6.